The zero-order valence-electron chi connectivity index (χ0n) is 20.7. The molecule has 1 N–H and O–H groups in total. The number of methoxy groups -OCH3 is 1. The molecule has 37 heavy (non-hydrogen) atoms. The number of piperidine rings is 1. The Balaban J connectivity index is 1.32. The molecule has 5 heterocycles. The second kappa shape index (κ2) is 9.10. The van der Waals surface area contributed by atoms with Crippen LogP contribution in [0.15, 0.2) is 30.4 Å². The molecule has 0 bridgehead atoms. The number of aromatic nitrogens is 6. The van der Waals surface area contributed by atoms with Gasteiger partial charge in [0.2, 0.25) is 11.8 Å². The highest BCUT2D eigenvalue weighted by Crippen LogP contribution is 2.33. The first kappa shape index (κ1) is 22.7. The van der Waals surface area contributed by atoms with Gasteiger partial charge < -0.3 is 14.8 Å². The molecule has 196 valence electrons. The summed E-state index contributed by atoms with van der Waals surface area (Å²) in [5, 5.41) is 14.9. The summed E-state index contributed by atoms with van der Waals surface area (Å²) in [6, 6.07) is 6.02. The molecule has 2 aliphatic rings. The number of likely N-dealkylation sites (tertiary alicyclic amines) is 1. The second-order valence-electron chi connectivity index (χ2n) is 9.20. The molecule has 2 aliphatic heterocycles. The molecule has 4 aromatic rings. The first-order valence-electron chi connectivity index (χ1n) is 12.3. The number of fused-ring (bicyclic) bond motifs is 2. The topological polar surface area (TPSA) is 94.6 Å². The van der Waals surface area contributed by atoms with E-state index in [0.29, 0.717) is 48.3 Å². The Labute approximate surface area is 209 Å². The lowest BCUT2D eigenvalue weighted by atomic mass is 10.0. The minimum absolute atomic E-state index is 0.00243. The van der Waals surface area contributed by atoms with Crippen molar-refractivity contribution in [3.63, 3.8) is 0 Å². The van der Waals surface area contributed by atoms with Crippen molar-refractivity contribution in [1.82, 2.24) is 34.5 Å². The van der Waals surface area contributed by atoms with Crippen molar-refractivity contribution in [2.75, 3.05) is 38.7 Å². The molecule has 0 saturated carbocycles. The van der Waals surface area contributed by atoms with Crippen LogP contribution in [0.25, 0.3) is 27.7 Å². The Bertz CT molecular complexity index is 1490. The minimum Gasteiger partial charge on any atom is -0.479 e. The third-order valence-corrected chi connectivity index (χ3v) is 6.77. The first-order valence-corrected chi connectivity index (χ1v) is 11.8. The fraction of sp³-hybridized carbons (Fsp3) is 0.478. The summed E-state index contributed by atoms with van der Waals surface area (Å²) in [5.74, 6) is 0.249. The number of nitrogens with one attached hydrogen (secondary N) is 1. The van der Waals surface area contributed by atoms with Crippen LogP contribution in [-0.4, -0.2) is 92.3 Å². The van der Waals surface area contributed by atoms with E-state index in [1.165, 1.54) is 23.8 Å². The van der Waals surface area contributed by atoms with Crippen LogP contribution in [0.1, 0.15) is 7.79 Å². The van der Waals surface area contributed by atoms with E-state index in [-0.39, 0.29) is 36.1 Å². The van der Waals surface area contributed by atoms with Gasteiger partial charge in [-0.05, 0) is 30.2 Å². The van der Waals surface area contributed by atoms with Crippen LogP contribution in [0.2, 0.25) is 0 Å². The van der Waals surface area contributed by atoms with Gasteiger partial charge in [0, 0.05) is 24.8 Å². The van der Waals surface area contributed by atoms with E-state index >= 15 is 0 Å². The lowest BCUT2D eigenvalue weighted by molar-refractivity contribution is -0.142. The standard InChI is InChI=1S/C23H24F4N8O2/c1-36-21-20-15(13-2-3-18-19(8-13)35(32-30-18)12-23(25,26)27)4-7-34(20)31-22(29-21)28-17-5-6-33(9-16(17)24)14-10-37-11-14/h2-4,7-8,14,16-17H,5-6,9-12H2,1H3,(H,28,31)/t16-,17+/m1/s1/i7D. The smallest absolute Gasteiger partial charge is 0.408 e. The Morgan fingerprint density at radius 1 is 1.27 bits per heavy atom. The van der Waals surface area contributed by atoms with Gasteiger partial charge in [-0.2, -0.15) is 18.2 Å². The quantitative estimate of drug-likeness (QED) is 0.387. The second-order valence-corrected chi connectivity index (χ2v) is 9.20. The molecule has 0 radical (unpaired) electrons. The van der Waals surface area contributed by atoms with Crippen LogP contribution >= 0.6 is 0 Å². The number of benzene rings is 1. The maximum Gasteiger partial charge on any atom is 0.408 e. The average molecular weight is 521 g/mol. The number of hydrogen-bond acceptors (Lipinski definition) is 8. The summed E-state index contributed by atoms with van der Waals surface area (Å²) in [4.78, 5) is 6.51. The molecule has 0 unspecified atom stereocenters. The molecule has 2 saturated heterocycles. The van der Waals surface area contributed by atoms with Crippen molar-refractivity contribution in [3.8, 4) is 17.0 Å². The Hall–Kier alpha value is -3.52. The van der Waals surface area contributed by atoms with Crippen LogP contribution in [0, 0.1) is 0 Å². The predicted octanol–water partition coefficient (Wildman–Crippen LogP) is 2.94. The van der Waals surface area contributed by atoms with Gasteiger partial charge in [-0.3, -0.25) is 4.90 Å². The number of ether oxygens (including phenoxy) is 2. The third-order valence-electron chi connectivity index (χ3n) is 6.77. The van der Waals surface area contributed by atoms with E-state index in [1.54, 1.807) is 12.1 Å². The Morgan fingerprint density at radius 3 is 2.81 bits per heavy atom. The van der Waals surface area contributed by atoms with Gasteiger partial charge in [0.05, 0.1) is 39.3 Å². The summed E-state index contributed by atoms with van der Waals surface area (Å²) in [5.41, 5.74) is 1.85. The van der Waals surface area contributed by atoms with Crippen LogP contribution in [0.3, 0.4) is 0 Å². The van der Waals surface area contributed by atoms with Crippen LogP contribution in [0.4, 0.5) is 23.5 Å². The van der Waals surface area contributed by atoms with Gasteiger partial charge in [0.25, 0.3) is 0 Å². The molecular weight excluding hydrogens is 496 g/mol. The number of halogens is 4. The lowest BCUT2D eigenvalue weighted by Crippen LogP contribution is -2.57. The molecule has 2 fully saturated rings. The summed E-state index contributed by atoms with van der Waals surface area (Å²) < 4.78 is 75.3. The molecule has 2 atom stereocenters. The van der Waals surface area contributed by atoms with Crippen molar-refractivity contribution < 1.29 is 28.4 Å². The summed E-state index contributed by atoms with van der Waals surface area (Å²) >= 11 is 0. The molecule has 3 aromatic heterocycles. The molecule has 0 aliphatic carbocycles. The summed E-state index contributed by atoms with van der Waals surface area (Å²) in [6.45, 7) is 0.962. The van der Waals surface area contributed by atoms with Crippen molar-refractivity contribution in [2.45, 2.75) is 37.4 Å². The van der Waals surface area contributed by atoms with Crippen molar-refractivity contribution in [1.29, 1.82) is 0 Å². The predicted molar refractivity (Wildman–Crippen MR) is 125 cm³/mol. The maximum atomic E-state index is 15.0. The van der Waals surface area contributed by atoms with Gasteiger partial charge in [-0.15, -0.1) is 10.2 Å². The van der Waals surface area contributed by atoms with Gasteiger partial charge in [0.15, 0.2) is 0 Å². The number of alkyl halides is 4. The summed E-state index contributed by atoms with van der Waals surface area (Å²) in [7, 11) is 1.41. The van der Waals surface area contributed by atoms with Crippen molar-refractivity contribution in [3.05, 3.63) is 30.4 Å². The molecular formula is C23H24F4N8O2. The molecule has 6 rings (SSSR count). The van der Waals surface area contributed by atoms with E-state index in [1.807, 2.05) is 0 Å². The number of hydrogen-bond donors (Lipinski definition) is 1. The maximum absolute atomic E-state index is 15.0. The summed E-state index contributed by atoms with van der Waals surface area (Å²) in [6.07, 6.45) is -5.06. The van der Waals surface area contributed by atoms with Crippen molar-refractivity contribution >= 4 is 22.5 Å². The fourth-order valence-electron chi connectivity index (χ4n) is 4.79. The monoisotopic (exact) mass is 521 g/mol. The van der Waals surface area contributed by atoms with Gasteiger partial charge >= 0.3 is 6.18 Å². The molecule has 0 amide bonds. The molecule has 0 spiro atoms. The van der Waals surface area contributed by atoms with E-state index in [4.69, 9.17) is 10.8 Å². The average Bonchev–Trinajstić information content (AvgIpc) is 3.38. The van der Waals surface area contributed by atoms with Gasteiger partial charge in [0.1, 0.15) is 23.7 Å². The molecule has 14 heteroatoms. The number of anilines is 1. The van der Waals surface area contributed by atoms with E-state index in [9.17, 15) is 17.6 Å². The Kier molecular flexibility index (Phi) is 5.57. The highest BCUT2D eigenvalue weighted by Gasteiger charge is 2.36. The van der Waals surface area contributed by atoms with Crippen LogP contribution in [0.5, 0.6) is 5.88 Å². The zero-order valence-corrected chi connectivity index (χ0v) is 19.7. The van der Waals surface area contributed by atoms with Crippen LogP contribution in [-0.2, 0) is 11.3 Å². The largest absolute Gasteiger partial charge is 0.479 e. The normalized spacial score (nSPS) is 21.8. The van der Waals surface area contributed by atoms with E-state index in [2.05, 4.69) is 30.6 Å². The highest BCUT2D eigenvalue weighted by molar-refractivity contribution is 5.89. The number of nitrogens with zero attached hydrogens (tertiary/aromatic N) is 7. The lowest BCUT2D eigenvalue weighted by Gasteiger charge is -2.42. The highest BCUT2D eigenvalue weighted by atomic mass is 19.4. The van der Waals surface area contributed by atoms with E-state index < -0.39 is 24.9 Å². The Morgan fingerprint density at radius 2 is 2.11 bits per heavy atom. The molecule has 10 nitrogen and oxygen atoms in total. The van der Waals surface area contributed by atoms with E-state index in [0.717, 1.165) is 4.68 Å². The van der Waals surface area contributed by atoms with Gasteiger partial charge in [-0.25, -0.2) is 13.6 Å². The first-order chi connectivity index (χ1) is 18.2. The minimum atomic E-state index is -4.46. The van der Waals surface area contributed by atoms with Crippen molar-refractivity contribution in [2.24, 2.45) is 0 Å². The number of rotatable bonds is 6. The van der Waals surface area contributed by atoms with Crippen LogP contribution < -0.4 is 10.1 Å². The molecule has 1 aromatic carbocycles. The SMILES string of the molecule is [2H]c1cc(-c2ccc3nnn(CC(F)(F)F)c3c2)c2c(OC)nc(N[C@H]3CCN(C4COC4)C[C@H]3F)nn12. The van der Waals surface area contributed by atoms with Gasteiger partial charge in [-0.1, -0.05) is 11.3 Å². The fourth-order valence-corrected chi connectivity index (χ4v) is 4.79. The zero-order chi connectivity index (χ0) is 26.6. The third kappa shape index (κ3) is 4.55.